The fourth-order valence-corrected chi connectivity index (χ4v) is 2.32. The van der Waals surface area contributed by atoms with Crippen LogP contribution in [0.15, 0.2) is 24.4 Å². The SMILES string of the molecule is CC1CC(NC(=O)c2ccccn2)C(O)CN1C(=O)O. The van der Waals surface area contributed by atoms with Crippen molar-refractivity contribution in [2.75, 3.05) is 6.54 Å². The molecule has 0 aromatic carbocycles. The fraction of sp³-hybridized carbons (Fsp3) is 0.462. The number of aliphatic hydroxyl groups excluding tert-OH is 1. The zero-order valence-electron chi connectivity index (χ0n) is 11.1. The zero-order valence-corrected chi connectivity index (χ0v) is 11.1. The van der Waals surface area contributed by atoms with E-state index in [0.717, 1.165) is 0 Å². The van der Waals surface area contributed by atoms with Crippen molar-refractivity contribution in [1.82, 2.24) is 15.2 Å². The van der Waals surface area contributed by atoms with Crippen molar-refractivity contribution in [3.63, 3.8) is 0 Å². The van der Waals surface area contributed by atoms with Crippen LogP contribution in [0.1, 0.15) is 23.8 Å². The topological polar surface area (TPSA) is 103 Å². The zero-order chi connectivity index (χ0) is 14.7. The Kier molecular flexibility index (Phi) is 4.19. The first-order valence-corrected chi connectivity index (χ1v) is 6.38. The molecule has 2 heterocycles. The molecule has 0 radical (unpaired) electrons. The smallest absolute Gasteiger partial charge is 0.407 e. The van der Waals surface area contributed by atoms with Crippen LogP contribution < -0.4 is 5.32 Å². The highest BCUT2D eigenvalue weighted by molar-refractivity contribution is 5.92. The third kappa shape index (κ3) is 3.05. The Hall–Kier alpha value is -2.15. The van der Waals surface area contributed by atoms with E-state index in [1.807, 2.05) is 0 Å². The van der Waals surface area contributed by atoms with E-state index >= 15 is 0 Å². The normalized spacial score (nSPS) is 26.1. The minimum Gasteiger partial charge on any atom is -0.465 e. The molecule has 7 nitrogen and oxygen atoms in total. The molecule has 1 aromatic heterocycles. The van der Waals surface area contributed by atoms with E-state index in [9.17, 15) is 14.7 Å². The van der Waals surface area contributed by atoms with Gasteiger partial charge in [0, 0.05) is 12.2 Å². The molecule has 108 valence electrons. The second-order valence-corrected chi connectivity index (χ2v) is 4.88. The Labute approximate surface area is 116 Å². The predicted octanol–water partition coefficient (Wildman–Crippen LogP) is 0.313. The molecule has 0 bridgehead atoms. The van der Waals surface area contributed by atoms with E-state index in [1.165, 1.54) is 11.1 Å². The monoisotopic (exact) mass is 279 g/mol. The molecule has 0 aliphatic carbocycles. The average molecular weight is 279 g/mol. The maximum Gasteiger partial charge on any atom is 0.407 e. The van der Waals surface area contributed by atoms with E-state index < -0.39 is 18.2 Å². The maximum absolute atomic E-state index is 12.0. The van der Waals surface area contributed by atoms with Gasteiger partial charge in [-0.1, -0.05) is 6.07 Å². The fourth-order valence-electron chi connectivity index (χ4n) is 2.32. The number of aromatic nitrogens is 1. The number of amides is 2. The number of carbonyl (C=O) groups is 2. The summed E-state index contributed by atoms with van der Waals surface area (Å²) in [7, 11) is 0. The van der Waals surface area contributed by atoms with Gasteiger partial charge in [-0.2, -0.15) is 0 Å². The van der Waals surface area contributed by atoms with Crippen molar-refractivity contribution in [3.05, 3.63) is 30.1 Å². The van der Waals surface area contributed by atoms with Crippen LogP contribution >= 0.6 is 0 Å². The lowest BCUT2D eigenvalue weighted by atomic mass is 9.96. The number of β-amino-alcohol motifs (C(OH)–C–C–N with tert-alkyl or cyclic N) is 1. The molecule has 0 spiro atoms. The van der Waals surface area contributed by atoms with Crippen LogP contribution in [0.2, 0.25) is 0 Å². The summed E-state index contributed by atoms with van der Waals surface area (Å²) in [5.74, 6) is -0.370. The summed E-state index contributed by atoms with van der Waals surface area (Å²) >= 11 is 0. The molecule has 7 heteroatoms. The number of carboxylic acid groups (broad SMARTS) is 1. The summed E-state index contributed by atoms with van der Waals surface area (Å²) in [5.41, 5.74) is 0.271. The van der Waals surface area contributed by atoms with Gasteiger partial charge in [0.05, 0.1) is 18.7 Å². The number of carbonyl (C=O) groups excluding carboxylic acids is 1. The highest BCUT2D eigenvalue weighted by Gasteiger charge is 2.35. The molecule has 2 amide bonds. The minimum absolute atomic E-state index is 0.0103. The van der Waals surface area contributed by atoms with Crippen molar-refractivity contribution >= 4 is 12.0 Å². The number of nitrogens with one attached hydrogen (secondary N) is 1. The highest BCUT2D eigenvalue weighted by Crippen LogP contribution is 2.18. The highest BCUT2D eigenvalue weighted by atomic mass is 16.4. The second kappa shape index (κ2) is 5.87. The Bertz CT molecular complexity index is 494. The second-order valence-electron chi connectivity index (χ2n) is 4.88. The van der Waals surface area contributed by atoms with E-state index in [2.05, 4.69) is 10.3 Å². The van der Waals surface area contributed by atoms with Crippen LogP contribution in [-0.4, -0.2) is 56.8 Å². The van der Waals surface area contributed by atoms with Gasteiger partial charge in [0.2, 0.25) is 0 Å². The van der Waals surface area contributed by atoms with Crippen molar-refractivity contribution in [2.24, 2.45) is 0 Å². The molecule has 3 atom stereocenters. The summed E-state index contributed by atoms with van der Waals surface area (Å²) in [6.45, 7) is 1.74. The first kappa shape index (κ1) is 14.3. The number of likely N-dealkylation sites (tertiary alicyclic amines) is 1. The summed E-state index contributed by atoms with van der Waals surface area (Å²) < 4.78 is 0. The number of nitrogens with zero attached hydrogens (tertiary/aromatic N) is 2. The van der Waals surface area contributed by atoms with Gasteiger partial charge in [0.25, 0.3) is 5.91 Å². The summed E-state index contributed by atoms with van der Waals surface area (Å²) in [6.07, 6.45) is -0.103. The van der Waals surface area contributed by atoms with Gasteiger partial charge in [-0.05, 0) is 25.5 Å². The minimum atomic E-state index is -1.06. The van der Waals surface area contributed by atoms with Crippen molar-refractivity contribution in [2.45, 2.75) is 31.5 Å². The third-order valence-electron chi connectivity index (χ3n) is 3.44. The lowest BCUT2D eigenvalue weighted by molar-refractivity contribution is 0.0182. The van der Waals surface area contributed by atoms with Crippen molar-refractivity contribution in [3.8, 4) is 0 Å². The lowest BCUT2D eigenvalue weighted by Crippen LogP contribution is -2.58. The van der Waals surface area contributed by atoms with E-state index in [1.54, 1.807) is 25.1 Å². The van der Waals surface area contributed by atoms with Gasteiger partial charge < -0.3 is 20.4 Å². The molecular formula is C13H17N3O4. The molecule has 3 N–H and O–H groups in total. The average Bonchev–Trinajstić information content (AvgIpc) is 2.43. The molecule has 1 aromatic rings. The lowest BCUT2D eigenvalue weighted by Gasteiger charge is -2.39. The van der Waals surface area contributed by atoms with Gasteiger partial charge in [0.15, 0.2) is 0 Å². The molecule has 1 aliphatic heterocycles. The summed E-state index contributed by atoms with van der Waals surface area (Å²) in [4.78, 5) is 28.1. The van der Waals surface area contributed by atoms with Gasteiger partial charge in [0.1, 0.15) is 5.69 Å². The van der Waals surface area contributed by atoms with Gasteiger partial charge in [-0.15, -0.1) is 0 Å². The Morgan fingerprint density at radius 3 is 2.80 bits per heavy atom. The maximum atomic E-state index is 12.0. The standard InChI is InChI=1S/C13H17N3O4/c1-8-6-10(11(17)7-16(8)13(19)20)15-12(18)9-4-2-3-5-14-9/h2-5,8,10-11,17H,6-7H2,1H3,(H,15,18)(H,19,20). The first-order valence-electron chi connectivity index (χ1n) is 6.38. The number of pyridine rings is 1. The number of rotatable bonds is 2. The molecule has 1 aliphatic rings. The van der Waals surface area contributed by atoms with E-state index in [-0.39, 0.29) is 24.2 Å². The molecule has 1 fully saturated rings. The van der Waals surface area contributed by atoms with E-state index in [4.69, 9.17) is 5.11 Å². The van der Waals surface area contributed by atoms with Gasteiger partial charge in [-0.3, -0.25) is 9.78 Å². The first-order chi connectivity index (χ1) is 9.49. The number of hydrogen-bond acceptors (Lipinski definition) is 4. The molecule has 0 saturated carbocycles. The predicted molar refractivity (Wildman–Crippen MR) is 70.3 cm³/mol. The molecular weight excluding hydrogens is 262 g/mol. The van der Waals surface area contributed by atoms with Crippen molar-refractivity contribution in [1.29, 1.82) is 0 Å². The number of hydrogen-bond donors (Lipinski definition) is 3. The van der Waals surface area contributed by atoms with Crippen LogP contribution in [0.4, 0.5) is 4.79 Å². The van der Waals surface area contributed by atoms with Crippen molar-refractivity contribution < 1.29 is 19.8 Å². The molecule has 20 heavy (non-hydrogen) atoms. The Balaban J connectivity index is 2.00. The molecule has 3 unspecified atom stereocenters. The molecule has 2 rings (SSSR count). The summed E-state index contributed by atoms with van der Waals surface area (Å²) in [6, 6.07) is 4.25. The van der Waals surface area contributed by atoms with Crippen LogP contribution in [0.3, 0.4) is 0 Å². The van der Waals surface area contributed by atoms with Crippen LogP contribution in [-0.2, 0) is 0 Å². The summed E-state index contributed by atoms with van der Waals surface area (Å²) in [5, 5.41) is 21.7. The Morgan fingerprint density at radius 2 is 2.20 bits per heavy atom. The van der Waals surface area contributed by atoms with Gasteiger partial charge in [-0.25, -0.2) is 4.79 Å². The van der Waals surface area contributed by atoms with Crippen LogP contribution in [0, 0.1) is 0 Å². The number of piperidine rings is 1. The third-order valence-corrected chi connectivity index (χ3v) is 3.44. The molecule has 1 saturated heterocycles. The number of aliphatic hydroxyl groups is 1. The Morgan fingerprint density at radius 1 is 1.45 bits per heavy atom. The quantitative estimate of drug-likeness (QED) is 0.723. The van der Waals surface area contributed by atoms with Crippen LogP contribution in [0.25, 0.3) is 0 Å². The van der Waals surface area contributed by atoms with Gasteiger partial charge >= 0.3 is 6.09 Å². The largest absolute Gasteiger partial charge is 0.465 e. The van der Waals surface area contributed by atoms with E-state index in [0.29, 0.717) is 6.42 Å². The van der Waals surface area contributed by atoms with Crippen LogP contribution in [0.5, 0.6) is 0 Å².